The van der Waals surface area contributed by atoms with E-state index in [-0.39, 0.29) is 0 Å². The summed E-state index contributed by atoms with van der Waals surface area (Å²) >= 11 is 0. The fourth-order valence-electron chi connectivity index (χ4n) is 2.96. The molecule has 0 saturated heterocycles. The molecular formula is C17H35O3Si4. The summed E-state index contributed by atoms with van der Waals surface area (Å²) in [5.41, 5.74) is 1.36. The fourth-order valence-corrected chi connectivity index (χ4v) is 17.1. The third kappa shape index (κ3) is 8.89. The molecule has 137 valence electrons. The average Bonchev–Trinajstić information content (AvgIpc) is 2.34. The summed E-state index contributed by atoms with van der Waals surface area (Å²) in [6.45, 7) is 20.0. The largest absolute Gasteiger partial charge is 0.437 e. The van der Waals surface area contributed by atoms with E-state index in [4.69, 9.17) is 12.3 Å². The lowest BCUT2D eigenvalue weighted by Crippen LogP contribution is -2.52. The monoisotopic (exact) mass is 399 g/mol. The maximum absolute atomic E-state index is 6.62. The van der Waals surface area contributed by atoms with Gasteiger partial charge in [0.15, 0.2) is 16.6 Å². The van der Waals surface area contributed by atoms with Crippen LogP contribution < -0.4 is 0 Å². The molecule has 0 fully saturated rings. The summed E-state index contributed by atoms with van der Waals surface area (Å²) in [5, 5.41) is 0. The normalized spacial score (nSPS) is 16.9. The summed E-state index contributed by atoms with van der Waals surface area (Å²) in [5.74, 6) is 0.431. The Balaban J connectivity index is 2.89. The van der Waals surface area contributed by atoms with Gasteiger partial charge in [-0.05, 0) is 69.9 Å². The van der Waals surface area contributed by atoms with Gasteiger partial charge in [-0.25, -0.2) is 0 Å². The molecule has 7 heteroatoms. The predicted octanol–water partition coefficient (Wildman–Crippen LogP) is 5.70. The Kier molecular flexibility index (Phi) is 7.86. The number of hydrogen-bond acceptors (Lipinski definition) is 3. The van der Waals surface area contributed by atoms with E-state index in [0.29, 0.717) is 5.92 Å². The van der Waals surface area contributed by atoms with Crippen LogP contribution in [-0.4, -0.2) is 34.5 Å². The second-order valence-corrected chi connectivity index (χ2v) is 23.2. The number of hydrogen-bond donors (Lipinski definition) is 0. The zero-order chi connectivity index (χ0) is 18.6. The van der Waals surface area contributed by atoms with Gasteiger partial charge in [-0.15, -0.1) is 0 Å². The third-order valence-corrected chi connectivity index (χ3v) is 15.4. The Morgan fingerprint density at radius 1 is 0.875 bits per heavy atom. The van der Waals surface area contributed by atoms with E-state index in [0.717, 1.165) is 6.04 Å². The lowest BCUT2D eigenvalue weighted by Gasteiger charge is -2.38. The van der Waals surface area contributed by atoms with Gasteiger partial charge in [0, 0.05) is 0 Å². The lowest BCUT2D eigenvalue weighted by atomic mass is 10.0. The Bertz CT molecular complexity index is 499. The molecule has 1 rings (SSSR count). The molecule has 0 amide bonds. The molecule has 1 aromatic rings. The smallest absolute Gasteiger partial charge is 0.360 e. The molecule has 2 unspecified atom stereocenters. The maximum Gasteiger partial charge on any atom is 0.360 e. The van der Waals surface area contributed by atoms with Crippen molar-refractivity contribution in [2.45, 2.75) is 71.3 Å². The van der Waals surface area contributed by atoms with Crippen molar-refractivity contribution in [1.82, 2.24) is 0 Å². The molecule has 24 heavy (non-hydrogen) atoms. The SMILES string of the molecule is CC(C[Si](C)(O[Si](C)O[Si](C)(C)C)O[Si](C)(C)C)c1ccccc1. The highest BCUT2D eigenvalue weighted by molar-refractivity contribution is 6.85. The molecule has 0 bridgehead atoms. The highest BCUT2D eigenvalue weighted by atomic mass is 28.5. The first-order valence-electron chi connectivity index (χ1n) is 8.76. The van der Waals surface area contributed by atoms with Crippen LogP contribution in [0.3, 0.4) is 0 Å². The topological polar surface area (TPSA) is 27.7 Å². The molecule has 1 aromatic carbocycles. The van der Waals surface area contributed by atoms with Crippen LogP contribution in [0.1, 0.15) is 18.4 Å². The molecule has 1 radical (unpaired) electrons. The van der Waals surface area contributed by atoms with Crippen molar-refractivity contribution >= 4 is 34.5 Å². The van der Waals surface area contributed by atoms with Gasteiger partial charge in [-0.1, -0.05) is 37.3 Å². The second kappa shape index (κ2) is 8.57. The quantitative estimate of drug-likeness (QED) is 0.498. The zero-order valence-corrected chi connectivity index (χ0v) is 20.9. The van der Waals surface area contributed by atoms with E-state index >= 15 is 0 Å². The Morgan fingerprint density at radius 2 is 1.42 bits per heavy atom. The Hall–Kier alpha value is -0.0325. The summed E-state index contributed by atoms with van der Waals surface area (Å²) in [7, 11) is -6.83. The van der Waals surface area contributed by atoms with Crippen LogP contribution in [0.25, 0.3) is 0 Å². The van der Waals surface area contributed by atoms with Crippen molar-refractivity contribution in [3.05, 3.63) is 35.9 Å². The van der Waals surface area contributed by atoms with Crippen LogP contribution in [0.5, 0.6) is 0 Å². The van der Waals surface area contributed by atoms with Crippen LogP contribution in [0.2, 0.25) is 58.4 Å². The molecule has 0 heterocycles. The summed E-state index contributed by atoms with van der Waals surface area (Å²) in [6, 6.07) is 11.6. The van der Waals surface area contributed by atoms with E-state index in [2.05, 4.69) is 89.6 Å². The molecule has 0 spiro atoms. The van der Waals surface area contributed by atoms with Crippen LogP contribution in [0.4, 0.5) is 0 Å². The van der Waals surface area contributed by atoms with Gasteiger partial charge in [-0.2, -0.15) is 0 Å². The summed E-state index contributed by atoms with van der Waals surface area (Å²) in [4.78, 5) is 0. The Morgan fingerprint density at radius 3 is 1.88 bits per heavy atom. The number of rotatable bonds is 9. The van der Waals surface area contributed by atoms with E-state index in [9.17, 15) is 0 Å². The first kappa shape index (κ1) is 22.0. The first-order valence-corrected chi connectivity index (χ1v) is 19.9. The van der Waals surface area contributed by atoms with Crippen molar-refractivity contribution in [2.24, 2.45) is 0 Å². The zero-order valence-electron chi connectivity index (χ0n) is 16.9. The van der Waals surface area contributed by atoms with Crippen LogP contribution in [0.15, 0.2) is 30.3 Å². The summed E-state index contributed by atoms with van der Waals surface area (Å²) in [6.07, 6.45) is 0. The molecule has 0 aromatic heterocycles. The van der Waals surface area contributed by atoms with Gasteiger partial charge in [-0.3, -0.25) is 0 Å². The lowest BCUT2D eigenvalue weighted by molar-refractivity contribution is 0.340. The van der Waals surface area contributed by atoms with Crippen LogP contribution in [-0.2, 0) is 12.3 Å². The highest BCUT2D eigenvalue weighted by Gasteiger charge is 2.41. The third-order valence-electron chi connectivity index (χ3n) is 3.38. The first-order chi connectivity index (χ1) is 10.8. The van der Waals surface area contributed by atoms with E-state index < -0.39 is 34.5 Å². The minimum absolute atomic E-state index is 0.431. The van der Waals surface area contributed by atoms with Gasteiger partial charge in [0.2, 0.25) is 0 Å². The molecule has 3 nitrogen and oxygen atoms in total. The summed E-state index contributed by atoms with van der Waals surface area (Å²) < 4.78 is 19.4. The van der Waals surface area contributed by atoms with E-state index in [1.807, 2.05) is 0 Å². The molecule has 0 aliphatic carbocycles. The maximum atomic E-state index is 6.62. The van der Waals surface area contributed by atoms with Gasteiger partial charge < -0.3 is 12.3 Å². The van der Waals surface area contributed by atoms with Gasteiger partial charge in [0.05, 0.1) is 0 Å². The minimum Gasteiger partial charge on any atom is -0.437 e. The van der Waals surface area contributed by atoms with Crippen molar-refractivity contribution in [2.75, 3.05) is 0 Å². The van der Waals surface area contributed by atoms with Crippen molar-refractivity contribution < 1.29 is 12.3 Å². The standard InChI is InChI=1S/C17H35O3Si4/c1-16(17-13-11-10-12-14-17)15-24(9,20-23(6,7)8)19-21(2)18-22(3,4)5/h10-14,16H,15H2,1-9H3. The molecule has 0 aliphatic heterocycles. The van der Waals surface area contributed by atoms with Crippen molar-refractivity contribution in [3.8, 4) is 0 Å². The average molecular weight is 400 g/mol. The number of benzene rings is 1. The molecule has 0 saturated carbocycles. The second-order valence-electron chi connectivity index (χ2n) is 8.67. The van der Waals surface area contributed by atoms with Gasteiger partial charge >= 0.3 is 17.8 Å². The van der Waals surface area contributed by atoms with Crippen LogP contribution >= 0.6 is 0 Å². The molecule has 2 atom stereocenters. The van der Waals surface area contributed by atoms with Gasteiger partial charge in [0.25, 0.3) is 0 Å². The van der Waals surface area contributed by atoms with Crippen molar-refractivity contribution in [1.29, 1.82) is 0 Å². The van der Waals surface area contributed by atoms with Gasteiger partial charge in [0.1, 0.15) is 0 Å². The van der Waals surface area contributed by atoms with Crippen LogP contribution in [0, 0.1) is 0 Å². The minimum atomic E-state index is -2.29. The van der Waals surface area contributed by atoms with Crippen molar-refractivity contribution in [3.63, 3.8) is 0 Å². The predicted molar refractivity (Wildman–Crippen MR) is 113 cm³/mol. The molecular weight excluding hydrogens is 365 g/mol. The Labute approximate surface area is 154 Å². The van der Waals surface area contributed by atoms with E-state index in [1.54, 1.807) is 0 Å². The molecule has 0 N–H and O–H groups in total. The highest BCUT2D eigenvalue weighted by Crippen LogP contribution is 2.30. The fraction of sp³-hybridized carbons (Fsp3) is 0.647. The van der Waals surface area contributed by atoms with E-state index in [1.165, 1.54) is 5.56 Å². The molecule has 0 aliphatic rings.